The number of aromatic nitrogens is 6. The van der Waals surface area contributed by atoms with E-state index < -0.39 is 24.5 Å². The minimum absolute atomic E-state index is 0.169. The van der Waals surface area contributed by atoms with Crippen molar-refractivity contribution >= 4 is 34.4 Å². The SMILES string of the molecule is CSc1nnnn1-c1cccc(NC(=O)Cn2c(C(F)(F)F)nc3ccccc32)c1. The van der Waals surface area contributed by atoms with Gasteiger partial charge in [0.15, 0.2) is 0 Å². The number of halogens is 3. The maximum absolute atomic E-state index is 13.4. The number of thioether (sulfide) groups is 1. The molecule has 12 heteroatoms. The Bertz CT molecular complexity index is 1220. The fraction of sp³-hybridized carbons (Fsp3) is 0.167. The summed E-state index contributed by atoms with van der Waals surface area (Å²) in [4.78, 5) is 16.2. The summed E-state index contributed by atoms with van der Waals surface area (Å²) in [5, 5.41) is 14.6. The molecule has 2 heterocycles. The summed E-state index contributed by atoms with van der Waals surface area (Å²) in [5.41, 5.74) is 1.40. The summed E-state index contributed by atoms with van der Waals surface area (Å²) in [6.45, 7) is -0.541. The molecule has 0 saturated carbocycles. The molecule has 0 aliphatic carbocycles. The highest BCUT2D eigenvalue weighted by atomic mass is 32.2. The van der Waals surface area contributed by atoms with Crippen molar-refractivity contribution < 1.29 is 18.0 Å². The van der Waals surface area contributed by atoms with Crippen LogP contribution in [0.4, 0.5) is 18.9 Å². The zero-order chi connectivity index (χ0) is 21.3. The molecule has 1 N–H and O–H groups in total. The van der Waals surface area contributed by atoms with Crippen molar-refractivity contribution in [3.05, 3.63) is 54.4 Å². The van der Waals surface area contributed by atoms with Crippen molar-refractivity contribution in [1.29, 1.82) is 0 Å². The summed E-state index contributed by atoms with van der Waals surface area (Å²) >= 11 is 1.35. The van der Waals surface area contributed by atoms with Crippen molar-refractivity contribution in [3.63, 3.8) is 0 Å². The first-order chi connectivity index (χ1) is 14.4. The molecule has 0 bridgehead atoms. The Hall–Kier alpha value is -3.41. The van der Waals surface area contributed by atoms with Crippen LogP contribution in [0, 0.1) is 0 Å². The maximum Gasteiger partial charge on any atom is 0.449 e. The third-order valence-corrected chi connectivity index (χ3v) is 4.83. The first-order valence-corrected chi connectivity index (χ1v) is 9.84. The highest BCUT2D eigenvalue weighted by Crippen LogP contribution is 2.31. The number of amides is 1. The van der Waals surface area contributed by atoms with E-state index in [4.69, 9.17) is 0 Å². The smallest absolute Gasteiger partial charge is 0.324 e. The van der Waals surface area contributed by atoms with E-state index in [-0.39, 0.29) is 11.0 Å². The molecule has 1 amide bonds. The third kappa shape index (κ3) is 3.85. The molecule has 0 aliphatic heterocycles. The molecule has 4 aromatic rings. The monoisotopic (exact) mass is 433 g/mol. The standard InChI is InChI=1S/C18H14F3N7OS/c1-30-17-24-25-26-28(17)12-6-4-5-11(9-12)22-15(29)10-27-14-8-3-2-7-13(14)23-16(27)18(19,20)21/h2-9H,10H2,1H3,(H,22,29). The lowest BCUT2D eigenvalue weighted by Crippen LogP contribution is -2.23. The number of para-hydroxylation sites is 2. The molecule has 0 saturated heterocycles. The number of nitrogens with zero attached hydrogens (tertiary/aromatic N) is 6. The van der Waals surface area contributed by atoms with Crippen LogP contribution in [0.3, 0.4) is 0 Å². The van der Waals surface area contributed by atoms with Gasteiger partial charge in [0.2, 0.25) is 16.9 Å². The van der Waals surface area contributed by atoms with Crippen LogP contribution in [0.5, 0.6) is 0 Å². The highest BCUT2D eigenvalue weighted by molar-refractivity contribution is 7.98. The average molecular weight is 433 g/mol. The zero-order valence-electron chi connectivity index (χ0n) is 15.5. The molecular weight excluding hydrogens is 419 g/mol. The van der Waals surface area contributed by atoms with Crippen molar-refractivity contribution in [2.45, 2.75) is 17.9 Å². The number of imidazole rings is 1. The Kier molecular flexibility index (Phi) is 5.16. The van der Waals surface area contributed by atoms with E-state index in [0.717, 1.165) is 4.57 Å². The first kappa shape index (κ1) is 19.9. The number of fused-ring (bicyclic) bond motifs is 1. The lowest BCUT2D eigenvalue weighted by Gasteiger charge is -2.12. The predicted molar refractivity (Wildman–Crippen MR) is 104 cm³/mol. The fourth-order valence-electron chi connectivity index (χ4n) is 2.98. The van der Waals surface area contributed by atoms with E-state index in [1.807, 2.05) is 6.26 Å². The van der Waals surface area contributed by atoms with Gasteiger partial charge in [-0.2, -0.15) is 17.9 Å². The second kappa shape index (κ2) is 7.78. The Morgan fingerprint density at radius 1 is 1.17 bits per heavy atom. The molecule has 0 fully saturated rings. The maximum atomic E-state index is 13.4. The molecule has 0 radical (unpaired) electrons. The van der Waals surface area contributed by atoms with Gasteiger partial charge in [0.25, 0.3) is 0 Å². The Labute approximate surface area is 172 Å². The number of benzene rings is 2. The molecule has 154 valence electrons. The van der Waals surface area contributed by atoms with Crippen LogP contribution in [0.1, 0.15) is 5.82 Å². The van der Waals surface area contributed by atoms with Crippen molar-refractivity contribution in [2.24, 2.45) is 0 Å². The number of carbonyl (C=O) groups is 1. The van der Waals surface area contributed by atoms with Gasteiger partial charge in [0.1, 0.15) is 6.54 Å². The van der Waals surface area contributed by atoms with Crippen LogP contribution in [-0.4, -0.2) is 41.9 Å². The summed E-state index contributed by atoms with van der Waals surface area (Å²) in [7, 11) is 0. The molecule has 2 aromatic carbocycles. The van der Waals surface area contributed by atoms with E-state index in [0.29, 0.717) is 16.5 Å². The van der Waals surface area contributed by atoms with Crippen molar-refractivity contribution in [2.75, 3.05) is 11.6 Å². The van der Waals surface area contributed by atoms with Gasteiger partial charge >= 0.3 is 6.18 Å². The Balaban J connectivity index is 1.60. The van der Waals surface area contributed by atoms with Gasteiger partial charge in [-0.1, -0.05) is 30.0 Å². The molecule has 0 unspecified atom stereocenters. The van der Waals surface area contributed by atoms with Crippen LogP contribution in [-0.2, 0) is 17.5 Å². The Morgan fingerprint density at radius 3 is 2.73 bits per heavy atom. The summed E-state index contributed by atoms with van der Waals surface area (Å²) in [5.74, 6) is -1.74. The van der Waals surface area contributed by atoms with Crippen LogP contribution in [0.25, 0.3) is 16.7 Å². The Morgan fingerprint density at radius 2 is 1.97 bits per heavy atom. The zero-order valence-corrected chi connectivity index (χ0v) is 16.3. The minimum Gasteiger partial charge on any atom is -0.324 e. The molecular formula is C18H14F3N7OS. The van der Waals surface area contributed by atoms with E-state index >= 15 is 0 Å². The topological polar surface area (TPSA) is 90.5 Å². The average Bonchev–Trinajstić information content (AvgIpc) is 3.33. The van der Waals surface area contributed by atoms with Crippen molar-refractivity contribution in [3.8, 4) is 5.69 Å². The van der Waals surface area contributed by atoms with Crippen LogP contribution < -0.4 is 5.32 Å². The normalized spacial score (nSPS) is 11.7. The van der Waals surface area contributed by atoms with Gasteiger partial charge in [-0.05, 0) is 47.0 Å². The summed E-state index contributed by atoms with van der Waals surface area (Å²) in [6.07, 6.45) is -2.87. The van der Waals surface area contributed by atoms with Crippen LogP contribution in [0.15, 0.2) is 53.7 Å². The van der Waals surface area contributed by atoms with Crippen molar-refractivity contribution in [1.82, 2.24) is 29.8 Å². The molecule has 0 spiro atoms. The van der Waals surface area contributed by atoms with Gasteiger partial charge in [0.05, 0.1) is 16.7 Å². The van der Waals surface area contributed by atoms with Gasteiger partial charge in [0, 0.05) is 5.69 Å². The van der Waals surface area contributed by atoms with Crippen LogP contribution in [0.2, 0.25) is 0 Å². The largest absolute Gasteiger partial charge is 0.449 e. The molecule has 0 aliphatic rings. The summed E-state index contributed by atoms with van der Waals surface area (Å²) < 4.78 is 42.6. The van der Waals surface area contributed by atoms with Gasteiger partial charge in [-0.3, -0.25) is 4.79 Å². The number of anilines is 1. The molecule has 4 rings (SSSR count). The number of carbonyl (C=O) groups excluding carboxylic acids is 1. The number of hydrogen-bond donors (Lipinski definition) is 1. The number of alkyl halides is 3. The fourth-order valence-corrected chi connectivity index (χ4v) is 3.41. The lowest BCUT2D eigenvalue weighted by molar-refractivity contribution is -0.147. The van der Waals surface area contributed by atoms with E-state index in [2.05, 4.69) is 25.8 Å². The summed E-state index contributed by atoms with van der Waals surface area (Å²) in [6, 6.07) is 12.8. The highest BCUT2D eigenvalue weighted by Gasteiger charge is 2.38. The predicted octanol–water partition coefficient (Wildman–Crippen LogP) is 3.39. The second-order valence-corrected chi connectivity index (χ2v) is 6.96. The van der Waals surface area contributed by atoms with E-state index in [1.54, 1.807) is 36.4 Å². The number of hydrogen-bond acceptors (Lipinski definition) is 6. The van der Waals surface area contributed by atoms with Gasteiger partial charge in [-0.25, -0.2) is 4.98 Å². The second-order valence-electron chi connectivity index (χ2n) is 6.18. The lowest BCUT2D eigenvalue weighted by atomic mass is 10.2. The van der Waals surface area contributed by atoms with E-state index in [1.165, 1.54) is 28.6 Å². The third-order valence-electron chi connectivity index (χ3n) is 4.21. The number of nitrogens with one attached hydrogen (secondary N) is 1. The van der Waals surface area contributed by atoms with Gasteiger partial charge < -0.3 is 9.88 Å². The molecule has 30 heavy (non-hydrogen) atoms. The number of rotatable bonds is 5. The van der Waals surface area contributed by atoms with Crippen LogP contribution >= 0.6 is 11.8 Å². The number of tetrazole rings is 1. The van der Waals surface area contributed by atoms with Gasteiger partial charge in [-0.15, -0.1) is 5.10 Å². The molecule has 2 aromatic heterocycles. The van der Waals surface area contributed by atoms with E-state index in [9.17, 15) is 18.0 Å². The molecule has 8 nitrogen and oxygen atoms in total. The molecule has 0 atom stereocenters. The minimum atomic E-state index is -4.69. The first-order valence-electron chi connectivity index (χ1n) is 8.62. The quantitative estimate of drug-likeness (QED) is 0.485.